The summed E-state index contributed by atoms with van der Waals surface area (Å²) in [4.78, 5) is 21.9. The average molecular weight is 214 g/mol. The van der Waals surface area contributed by atoms with Crippen LogP contribution in [0.2, 0.25) is 0 Å². The summed E-state index contributed by atoms with van der Waals surface area (Å²) in [6.07, 6.45) is 10.2. The first-order valence-electron chi connectivity index (χ1n) is 4.09. The Morgan fingerprint density at radius 2 is 1.25 bits per heavy atom. The predicted octanol–water partition coefficient (Wildman–Crippen LogP) is 1.05. The number of benzene rings is 1. The van der Waals surface area contributed by atoms with Gasteiger partial charge in [0.15, 0.2) is 0 Å². The van der Waals surface area contributed by atoms with Gasteiger partial charge in [0.25, 0.3) is 0 Å². The first-order valence-corrected chi connectivity index (χ1v) is 4.09. The van der Waals surface area contributed by atoms with Crippen molar-refractivity contribution in [3.8, 4) is 24.7 Å². The van der Waals surface area contributed by atoms with Gasteiger partial charge in [-0.2, -0.15) is 0 Å². The highest BCUT2D eigenvalue weighted by molar-refractivity contribution is 6.05. The van der Waals surface area contributed by atoms with Crippen molar-refractivity contribution in [2.24, 2.45) is 0 Å². The first-order chi connectivity index (χ1) is 7.52. The summed E-state index contributed by atoms with van der Waals surface area (Å²) in [7, 11) is 0. The zero-order valence-electron chi connectivity index (χ0n) is 8.02. The van der Waals surface area contributed by atoms with Gasteiger partial charge in [-0.25, -0.2) is 9.59 Å². The Labute approximate surface area is 91.5 Å². The van der Waals surface area contributed by atoms with Gasteiger partial charge in [0, 0.05) is 11.1 Å². The van der Waals surface area contributed by atoms with E-state index in [2.05, 4.69) is 11.8 Å². The number of carboxylic acid groups (broad SMARTS) is 2. The average Bonchev–Trinajstić information content (AvgIpc) is 2.26. The molecule has 4 nitrogen and oxygen atoms in total. The first kappa shape index (κ1) is 11.4. The van der Waals surface area contributed by atoms with E-state index in [9.17, 15) is 9.59 Å². The number of terminal acetylenes is 2. The van der Waals surface area contributed by atoms with Crippen molar-refractivity contribution < 1.29 is 19.8 Å². The lowest BCUT2D eigenvalue weighted by Gasteiger charge is -2.06. The van der Waals surface area contributed by atoms with E-state index in [1.165, 1.54) is 12.1 Å². The summed E-state index contributed by atoms with van der Waals surface area (Å²) in [5, 5.41) is 17.8. The van der Waals surface area contributed by atoms with Crippen LogP contribution in [0.4, 0.5) is 0 Å². The number of hydrogen-bond acceptors (Lipinski definition) is 2. The van der Waals surface area contributed by atoms with Crippen LogP contribution >= 0.6 is 0 Å². The van der Waals surface area contributed by atoms with Gasteiger partial charge >= 0.3 is 11.9 Å². The summed E-state index contributed by atoms with van der Waals surface area (Å²) >= 11 is 0. The molecule has 1 aromatic rings. The lowest BCUT2D eigenvalue weighted by Crippen LogP contribution is -2.12. The van der Waals surface area contributed by atoms with Crippen molar-refractivity contribution in [1.82, 2.24) is 0 Å². The fourth-order valence-electron chi connectivity index (χ4n) is 1.29. The smallest absolute Gasteiger partial charge is 0.337 e. The molecular formula is C12H6O4. The Bertz CT molecular complexity index is 505. The third kappa shape index (κ3) is 1.73. The molecule has 0 aliphatic carbocycles. The topological polar surface area (TPSA) is 74.6 Å². The summed E-state index contributed by atoms with van der Waals surface area (Å²) in [5.74, 6) is 1.39. The molecule has 0 aliphatic rings. The second-order valence-corrected chi connectivity index (χ2v) is 2.81. The molecule has 78 valence electrons. The minimum atomic E-state index is -1.41. The van der Waals surface area contributed by atoms with Gasteiger partial charge in [-0.1, -0.05) is 11.8 Å². The molecule has 0 aliphatic heterocycles. The minimum absolute atomic E-state index is 0.0103. The number of aromatic carboxylic acids is 2. The van der Waals surface area contributed by atoms with Crippen molar-refractivity contribution in [1.29, 1.82) is 0 Å². The van der Waals surface area contributed by atoms with E-state index in [4.69, 9.17) is 23.1 Å². The van der Waals surface area contributed by atoms with Gasteiger partial charge in [-0.3, -0.25) is 0 Å². The molecule has 0 spiro atoms. The molecule has 0 aromatic heterocycles. The second-order valence-electron chi connectivity index (χ2n) is 2.81. The Balaban J connectivity index is 3.77. The molecule has 0 amide bonds. The van der Waals surface area contributed by atoms with Crippen LogP contribution in [0.5, 0.6) is 0 Å². The fraction of sp³-hybridized carbons (Fsp3) is 0. The van der Waals surface area contributed by atoms with Crippen LogP contribution in [0.25, 0.3) is 0 Å². The molecule has 16 heavy (non-hydrogen) atoms. The van der Waals surface area contributed by atoms with E-state index < -0.39 is 23.1 Å². The lowest BCUT2D eigenvalue weighted by molar-refractivity contribution is 0.0651. The van der Waals surface area contributed by atoms with Crippen LogP contribution in [0, 0.1) is 24.7 Å². The van der Waals surface area contributed by atoms with E-state index >= 15 is 0 Å². The van der Waals surface area contributed by atoms with Crippen LogP contribution in [-0.4, -0.2) is 22.2 Å². The highest BCUT2D eigenvalue weighted by Gasteiger charge is 2.22. The summed E-state index contributed by atoms with van der Waals surface area (Å²) in [6, 6.07) is 2.62. The van der Waals surface area contributed by atoms with E-state index in [1.807, 2.05) is 0 Å². The Kier molecular flexibility index (Phi) is 2.98. The molecule has 1 aromatic carbocycles. The lowest BCUT2D eigenvalue weighted by atomic mass is 9.96. The normalized spacial score (nSPS) is 8.88. The molecular weight excluding hydrogens is 208 g/mol. The summed E-state index contributed by atoms with van der Waals surface area (Å²) in [6.45, 7) is 0. The molecule has 0 saturated heterocycles. The van der Waals surface area contributed by atoms with Crippen LogP contribution in [-0.2, 0) is 0 Å². The van der Waals surface area contributed by atoms with Crippen LogP contribution in [0.15, 0.2) is 12.1 Å². The number of rotatable bonds is 2. The Hall–Kier alpha value is -2.72. The van der Waals surface area contributed by atoms with Crippen molar-refractivity contribution >= 4 is 11.9 Å². The van der Waals surface area contributed by atoms with Gasteiger partial charge in [-0.15, -0.1) is 12.8 Å². The van der Waals surface area contributed by atoms with Crippen molar-refractivity contribution in [3.63, 3.8) is 0 Å². The highest BCUT2D eigenvalue weighted by atomic mass is 16.4. The largest absolute Gasteiger partial charge is 0.478 e. The number of carbonyl (C=O) groups is 2. The molecule has 0 radical (unpaired) electrons. The monoisotopic (exact) mass is 214 g/mol. The molecule has 0 saturated carbocycles. The van der Waals surface area contributed by atoms with E-state index in [1.54, 1.807) is 0 Å². The Morgan fingerprint density at radius 3 is 1.44 bits per heavy atom. The van der Waals surface area contributed by atoms with Gasteiger partial charge in [0.2, 0.25) is 0 Å². The van der Waals surface area contributed by atoms with Gasteiger partial charge in [0.05, 0.1) is 11.1 Å². The van der Waals surface area contributed by atoms with Crippen molar-refractivity contribution in [2.45, 2.75) is 0 Å². The minimum Gasteiger partial charge on any atom is -0.478 e. The van der Waals surface area contributed by atoms with Crippen LogP contribution in [0.3, 0.4) is 0 Å². The third-order valence-electron chi connectivity index (χ3n) is 1.94. The number of carboxylic acids is 2. The van der Waals surface area contributed by atoms with Crippen molar-refractivity contribution in [2.75, 3.05) is 0 Å². The van der Waals surface area contributed by atoms with Gasteiger partial charge < -0.3 is 10.2 Å². The summed E-state index contributed by atoms with van der Waals surface area (Å²) in [5.41, 5.74) is -0.927. The molecule has 0 fully saturated rings. The van der Waals surface area contributed by atoms with E-state index in [0.29, 0.717) is 0 Å². The maximum absolute atomic E-state index is 10.9. The van der Waals surface area contributed by atoms with Crippen LogP contribution < -0.4 is 0 Å². The number of hydrogen-bond donors (Lipinski definition) is 2. The maximum Gasteiger partial charge on any atom is 0.337 e. The molecule has 2 N–H and O–H groups in total. The van der Waals surface area contributed by atoms with E-state index in [-0.39, 0.29) is 11.1 Å². The fourth-order valence-corrected chi connectivity index (χ4v) is 1.29. The van der Waals surface area contributed by atoms with Crippen molar-refractivity contribution in [3.05, 3.63) is 34.4 Å². The molecule has 4 heteroatoms. The second kappa shape index (κ2) is 4.20. The zero-order valence-corrected chi connectivity index (χ0v) is 8.02. The maximum atomic E-state index is 10.9. The molecule has 0 heterocycles. The Morgan fingerprint density at radius 1 is 0.938 bits per heavy atom. The standard InChI is InChI=1S/C12H6O4/c1-3-7-5-6-8(4-2)10(12(15)16)9(7)11(13)14/h1-2,5-6H,(H,13,14)(H,15,16). The molecule has 0 bridgehead atoms. The van der Waals surface area contributed by atoms with Gasteiger partial charge in [0.1, 0.15) is 0 Å². The summed E-state index contributed by atoms with van der Waals surface area (Å²) < 4.78 is 0. The van der Waals surface area contributed by atoms with Crippen LogP contribution in [0.1, 0.15) is 31.8 Å². The highest BCUT2D eigenvalue weighted by Crippen LogP contribution is 2.19. The third-order valence-corrected chi connectivity index (χ3v) is 1.94. The quantitative estimate of drug-likeness (QED) is 0.721. The predicted molar refractivity (Wildman–Crippen MR) is 56.2 cm³/mol. The van der Waals surface area contributed by atoms with Gasteiger partial charge in [-0.05, 0) is 12.1 Å². The van der Waals surface area contributed by atoms with E-state index in [0.717, 1.165) is 0 Å². The zero-order chi connectivity index (χ0) is 12.3. The molecule has 0 atom stereocenters. The molecule has 0 unspecified atom stereocenters. The molecule has 1 rings (SSSR count). The SMILES string of the molecule is C#Cc1ccc(C#C)c(C(=O)O)c1C(=O)O.